The molecule has 29 heavy (non-hydrogen) atoms. The fourth-order valence-corrected chi connectivity index (χ4v) is 4.85. The molecule has 2 fully saturated rings. The third-order valence-corrected chi connectivity index (χ3v) is 6.47. The molecule has 154 valence electrons. The molecule has 1 aromatic rings. The van der Waals surface area contributed by atoms with Gasteiger partial charge in [-0.3, -0.25) is 10.1 Å². The van der Waals surface area contributed by atoms with Gasteiger partial charge in [-0.15, -0.1) is 0 Å². The number of rotatable bonds is 2. The number of carbonyl (C=O) groups excluding carboxylic acids is 1. The summed E-state index contributed by atoms with van der Waals surface area (Å²) in [6.07, 6.45) is 6.02. The summed E-state index contributed by atoms with van der Waals surface area (Å²) >= 11 is 0. The highest BCUT2D eigenvalue weighted by atomic mass is 16.5. The van der Waals surface area contributed by atoms with Crippen LogP contribution in [0.1, 0.15) is 38.5 Å². The van der Waals surface area contributed by atoms with E-state index in [1.807, 2.05) is 18.2 Å². The molecule has 0 unspecified atom stereocenters. The van der Waals surface area contributed by atoms with Crippen molar-refractivity contribution in [2.75, 3.05) is 38.2 Å². The first-order valence-corrected chi connectivity index (χ1v) is 10.6. The molecule has 1 spiro atoms. The van der Waals surface area contributed by atoms with E-state index in [2.05, 4.69) is 27.3 Å². The van der Waals surface area contributed by atoms with Crippen molar-refractivity contribution in [3.63, 3.8) is 0 Å². The molecular weight excluding hydrogens is 366 g/mol. The minimum atomic E-state index is -0.681. The SMILES string of the molecule is COc1ccccc1N1CCN(C2=NC3(CCCCCC3)[C@H](C#N)C(=O)N2)CC1. The Morgan fingerprint density at radius 2 is 1.76 bits per heavy atom. The maximum atomic E-state index is 12.8. The van der Waals surface area contributed by atoms with E-state index in [1.165, 1.54) is 0 Å². The molecule has 1 saturated heterocycles. The van der Waals surface area contributed by atoms with Crippen molar-refractivity contribution in [2.45, 2.75) is 44.1 Å². The zero-order valence-corrected chi connectivity index (χ0v) is 17.1. The Morgan fingerprint density at radius 1 is 1.10 bits per heavy atom. The number of nitriles is 1. The number of nitrogens with one attached hydrogen (secondary N) is 1. The van der Waals surface area contributed by atoms with Crippen molar-refractivity contribution in [3.8, 4) is 11.8 Å². The third kappa shape index (κ3) is 3.76. The van der Waals surface area contributed by atoms with Gasteiger partial charge < -0.3 is 14.5 Å². The minimum absolute atomic E-state index is 0.188. The van der Waals surface area contributed by atoms with Crippen LogP contribution in [0.4, 0.5) is 5.69 Å². The van der Waals surface area contributed by atoms with Crippen molar-refractivity contribution in [3.05, 3.63) is 24.3 Å². The fraction of sp³-hybridized carbons (Fsp3) is 0.591. The predicted molar refractivity (Wildman–Crippen MR) is 112 cm³/mol. The Labute approximate surface area is 172 Å². The second-order valence-corrected chi connectivity index (χ2v) is 8.15. The topological polar surface area (TPSA) is 81.0 Å². The highest BCUT2D eigenvalue weighted by molar-refractivity contribution is 6.02. The van der Waals surface area contributed by atoms with Crippen molar-refractivity contribution >= 4 is 17.6 Å². The van der Waals surface area contributed by atoms with Gasteiger partial charge in [0.25, 0.3) is 0 Å². The lowest BCUT2D eigenvalue weighted by molar-refractivity contribution is -0.124. The van der Waals surface area contributed by atoms with Crippen LogP contribution in [-0.4, -0.2) is 55.6 Å². The molecule has 4 rings (SSSR count). The van der Waals surface area contributed by atoms with E-state index in [9.17, 15) is 10.1 Å². The van der Waals surface area contributed by atoms with Gasteiger partial charge in [-0.1, -0.05) is 37.8 Å². The number of hydrogen-bond acceptors (Lipinski definition) is 6. The molecule has 2 heterocycles. The second kappa shape index (κ2) is 8.32. The van der Waals surface area contributed by atoms with Crippen LogP contribution < -0.4 is 15.0 Å². The molecule has 0 aromatic heterocycles. The first kappa shape index (κ1) is 19.6. The Bertz CT molecular complexity index is 815. The van der Waals surface area contributed by atoms with Gasteiger partial charge in [0.15, 0.2) is 5.92 Å². The van der Waals surface area contributed by atoms with E-state index in [0.717, 1.165) is 76.1 Å². The summed E-state index contributed by atoms with van der Waals surface area (Å²) < 4.78 is 5.50. The van der Waals surface area contributed by atoms with Crippen molar-refractivity contribution in [2.24, 2.45) is 10.9 Å². The van der Waals surface area contributed by atoms with Crippen LogP contribution in [0, 0.1) is 17.2 Å². The largest absolute Gasteiger partial charge is 0.495 e. The highest BCUT2D eigenvalue weighted by Crippen LogP contribution is 2.39. The summed E-state index contributed by atoms with van der Waals surface area (Å²) in [5, 5.41) is 12.6. The fourth-order valence-electron chi connectivity index (χ4n) is 4.85. The van der Waals surface area contributed by atoms with Gasteiger partial charge in [0.05, 0.1) is 24.4 Å². The van der Waals surface area contributed by atoms with Crippen LogP contribution in [0.15, 0.2) is 29.3 Å². The van der Waals surface area contributed by atoms with Gasteiger partial charge in [-0.2, -0.15) is 5.26 Å². The second-order valence-electron chi connectivity index (χ2n) is 8.15. The van der Waals surface area contributed by atoms with Crippen LogP contribution in [0.3, 0.4) is 0 Å². The molecule has 1 aromatic carbocycles. The number of piperazine rings is 1. The lowest BCUT2D eigenvalue weighted by Crippen LogP contribution is -2.60. The van der Waals surface area contributed by atoms with Gasteiger partial charge in [0, 0.05) is 26.2 Å². The lowest BCUT2D eigenvalue weighted by atomic mass is 9.77. The van der Waals surface area contributed by atoms with Crippen LogP contribution in [0.5, 0.6) is 5.75 Å². The van der Waals surface area contributed by atoms with Gasteiger partial charge in [0.2, 0.25) is 11.9 Å². The zero-order chi connectivity index (χ0) is 20.3. The van der Waals surface area contributed by atoms with Gasteiger partial charge in [-0.05, 0) is 25.0 Å². The Hall–Kier alpha value is -2.75. The molecule has 1 N–H and O–H groups in total. The number of carbonyl (C=O) groups is 1. The average molecular weight is 396 g/mol. The van der Waals surface area contributed by atoms with E-state index >= 15 is 0 Å². The smallest absolute Gasteiger partial charge is 0.246 e. The van der Waals surface area contributed by atoms with E-state index in [0.29, 0.717) is 5.96 Å². The van der Waals surface area contributed by atoms with E-state index in [-0.39, 0.29) is 5.91 Å². The third-order valence-electron chi connectivity index (χ3n) is 6.47. The van der Waals surface area contributed by atoms with E-state index < -0.39 is 11.5 Å². The molecule has 7 nitrogen and oxygen atoms in total. The number of ether oxygens (including phenoxy) is 1. The van der Waals surface area contributed by atoms with Gasteiger partial charge >= 0.3 is 0 Å². The minimum Gasteiger partial charge on any atom is -0.495 e. The Balaban J connectivity index is 1.52. The number of benzene rings is 1. The number of amides is 1. The normalized spacial score (nSPS) is 24.3. The first-order valence-electron chi connectivity index (χ1n) is 10.6. The Morgan fingerprint density at radius 3 is 2.41 bits per heavy atom. The molecule has 2 aliphatic heterocycles. The zero-order valence-electron chi connectivity index (χ0n) is 17.1. The monoisotopic (exact) mass is 395 g/mol. The van der Waals surface area contributed by atoms with Crippen LogP contribution in [0.25, 0.3) is 0 Å². The summed E-state index contributed by atoms with van der Waals surface area (Å²) in [5.74, 6) is 0.660. The number of para-hydroxylation sites is 2. The summed E-state index contributed by atoms with van der Waals surface area (Å²) in [4.78, 5) is 22.3. The predicted octanol–water partition coefficient (Wildman–Crippen LogP) is 2.54. The van der Waals surface area contributed by atoms with Crippen LogP contribution >= 0.6 is 0 Å². The number of guanidine groups is 1. The molecule has 1 saturated carbocycles. The number of nitrogens with zero attached hydrogens (tertiary/aromatic N) is 4. The average Bonchev–Trinajstić information content (AvgIpc) is 2.99. The summed E-state index contributed by atoms with van der Waals surface area (Å²) in [6, 6.07) is 10.3. The standard InChI is InChI=1S/C22H29N5O2/c1-29-19-9-5-4-8-18(19)26-12-14-27(15-13-26)21-24-20(28)17(16-23)22(25-21)10-6-2-3-7-11-22/h4-5,8-9,17H,2-3,6-7,10-15H2,1H3,(H,24,25,28)/t17-/m1/s1. The maximum absolute atomic E-state index is 12.8. The van der Waals surface area contributed by atoms with Crippen LogP contribution in [0.2, 0.25) is 0 Å². The summed E-state index contributed by atoms with van der Waals surface area (Å²) in [6.45, 7) is 3.18. The van der Waals surface area contributed by atoms with Crippen molar-refractivity contribution in [1.82, 2.24) is 10.2 Å². The van der Waals surface area contributed by atoms with Gasteiger partial charge in [0.1, 0.15) is 5.75 Å². The van der Waals surface area contributed by atoms with Crippen LogP contribution in [-0.2, 0) is 4.79 Å². The van der Waals surface area contributed by atoms with Gasteiger partial charge in [-0.25, -0.2) is 4.99 Å². The molecule has 0 radical (unpaired) electrons. The Kier molecular flexibility index (Phi) is 5.61. The summed E-state index contributed by atoms with van der Waals surface area (Å²) in [7, 11) is 1.69. The quantitative estimate of drug-likeness (QED) is 0.832. The highest BCUT2D eigenvalue weighted by Gasteiger charge is 2.47. The van der Waals surface area contributed by atoms with E-state index in [4.69, 9.17) is 9.73 Å². The summed E-state index contributed by atoms with van der Waals surface area (Å²) in [5.41, 5.74) is 0.539. The number of methoxy groups -OCH3 is 1. The number of aliphatic imine (C=N–C) groups is 1. The molecule has 3 aliphatic rings. The molecule has 0 bridgehead atoms. The number of anilines is 1. The molecule has 1 atom stereocenters. The maximum Gasteiger partial charge on any atom is 0.246 e. The lowest BCUT2D eigenvalue weighted by Gasteiger charge is -2.42. The van der Waals surface area contributed by atoms with Crippen molar-refractivity contribution < 1.29 is 9.53 Å². The number of hydrogen-bond donors (Lipinski definition) is 1. The molecule has 7 heteroatoms. The molecule has 1 aliphatic carbocycles. The molecule has 1 amide bonds. The van der Waals surface area contributed by atoms with E-state index in [1.54, 1.807) is 7.11 Å². The molecular formula is C22H29N5O2. The first-order chi connectivity index (χ1) is 14.2. The van der Waals surface area contributed by atoms with Crippen molar-refractivity contribution in [1.29, 1.82) is 5.26 Å².